The molecule has 0 aliphatic rings. The van der Waals surface area contributed by atoms with E-state index in [1.165, 1.54) is 0 Å². The van der Waals surface area contributed by atoms with E-state index in [0.29, 0.717) is 25.3 Å². The monoisotopic (exact) mass is 304 g/mol. The first-order chi connectivity index (χ1) is 8.93. The summed E-state index contributed by atoms with van der Waals surface area (Å²) < 4.78 is 36.9. The summed E-state index contributed by atoms with van der Waals surface area (Å²) in [7, 11) is -4.21. The Morgan fingerprint density at radius 1 is 1.21 bits per heavy atom. The molecule has 1 atom stereocenters. The molecule has 0 bridgehead atoms. The van der Waals surface area contributed by atoms with Gasteiger partial charge in [0, 0.05) is 35.9 Å². The van der Waals surface area contributed by atoms with Crippen LogP contribution in [0.1, 0.15) is 17.5 Å². The van der Waals surface area contributed by atoms with E-state index < -0.39 is 20.8 Å². The van der Waals surface area contributed by atoms with Crippen LogP contribution >= 0.6 is 0 Å². The van der Waals surface area contributed by atoms with Gasteiger partial charge in [-0.2, -0.15) is 0 Å². The molecule has 0 aliphatic heterocycles. The highest BCUT2D eigenvalue weighted by Crippen LogP contribution is 2.07. The first-order valence-electron chi connectivity index (χ1n) is 5.98. The molecule has 1 unspecified atom stereocenters. The fourth-order valence-corrected chi connectivity index (χ4v) is 3.28. The van der Waals surface area contributed by atoms with Crippen molar-refractivity contribution in [1.29, 1.82) is 0 Å². The maximum atomic E-state index is 11.8. The summed E-state index contributed by atoms with van der Waals surface area (Å²) in [6.45, 7) is 0.766. The highest BCUT2D eigenvalue weighted by molar-refractivity contribution is 7.88. The van der Waals surface area contributed by atoms with Gasteiger partial charge in [0.05, 0.1) is 5.75 Å². The summed E-state index contributed by atoms with van der Waals surface area (Å²) in [5, 5.41) is 0. The van der Waals surface area contributed by atoms with Gasteiger partial charge in [-0.3, -0.25) is 4.21 Å². The van der Waals surface area contributed by atoms with Crippen molar-refractivity contribution < 1.29 is 12.6 Å². The van der Waals surface area contributed by atoms with E-state index in [-0.39, 0.29) is 5.75 Å². The Balaban J connectivity index is 2.46. The van der Waals surface area contributed by atoms with E-state index in [0.717, 1.165) is 11.1 Å². The quantitative estimate of drug-likeness (QED) is 0.678. The summed E-state index contributed by atoms with van der Waals surface area (Å²) in [6.07, 6.45) is 2.18. The normalized spacial score (nSPS) is 13.4. The molecule has 0 fully saturated rings. The van der Waals surface area contributed by atoms with Crippen LogP contribution < -0.4 is 10.5 Å². The SMILES string of the molecule is CS(=O)CCCNS(=O)(=O)Cc1ccc(CN)cc1. The third-order valence-corrected chi connectivity index (χ3v) is 4.77. The molecule has 0 saturated carbocycles. The maximum Gasteiger partial charge on any atom is 0.215 e. The van der Waals surface area contributed by atoms with E-state index >= 15 is 0 Å². The number of rotatable bonds is 8. The van der Waals surface area contributed by atoms with E-state index in [2.05, 4.69) is 4.72 Å². The molecule has 3 N–H and O–H groups in total. The molecule has 1 aromatic carbocycles. The Bertz CT molecular complexity index is 512. The van der Waals surface area contributed by atoms with Crippen molar-refractivity contribution in [3.05, 3.63) is 35.4 Å². The molecule has 0 amide bonds. The highest BCUT2D eigenvalue weighted by atomic mass is 32.2. The maximum absolute atomic E-state index is 11.8. The van der Waals surface area contributed by atoms with Crippen LogP contribution in [0.2, 0.25) is 0 Å². The lowest BCUT2D eigenvalue weighted by atomic mass is 10.1. The predicted molar refractivity (Wildman–Crippen MR) is 78.5 cm³/mol. The van der Waals surface area contributed by atoms with Gasteiger partial charge in [-0.1, -0.05) is 24.3 Å². The number of benzene rings is 1. The molecule has 19 heavy (non-hydrogen) atoms. The van der Waals surface area contributed by atoms with Crippen LogP contribution in [0.15, 0.2) is 24.3 Å². The van der Waals surface area contributed by atoms with E-state index in [1.54, 1.807) is 18.4 Å². The third-order valence-electron chi connectivity index (χ3n) is 2.55. The van der Waals surface area contributed by atoms with Crippen molar-refractivity contribution in [2.45, 2.75) is 18.7 Å². The minimum absolute atomic E-state index is 0.0485. The minimum atomic E-state index is -3.33. The van der Waals surface area contributed by atoms with Gasteiger partial charge in [0.15, 0.2) is 0 Å². The summed E-state index contributed by atoms with van der Waals surface area (Å²) in [5.41, 5.74) is 7.17. The van der Waals surface area contributed by atoms with Crippen molar-refractivity contribution in [2.75, 3.05) is 18.6 Å². The number of hydrogen-bond acceptors (Lipinski definition) is 4. The van der Waals surface area contributed by atoms with Crippen LogP contribution in [0.25, 0.3) is 0 Å². The van der Waals surface area contributed by atoms with Gasteiger partial charge in [0.25, 0.3) is 0 Å². The lowest BCUT2D eigenvalue weighted by Crippen LogP contribution is -2.27. The lowest BCUT2D eigenvalue weighted by molar-refractivity contribution is 0.580. The fraction of sp³-hybridized carbons (Fsp3) is 0.500. The number of hydrogen-bond donors (Lipinski definition) is 2. The first kappa shape index (κ1) is 16.3. The zero-order valence-electron chi connectivity index (χ0n) is 11.0. The van der Waals surface area contributed by atoms with Crippen LogP contribution in [0.3, 0.4) is 0 Å². The van der Waals surface area contributed by atoms with Crippen LogP contribution in [0.5, 0.6) is 0 Å². The summed E-state index contributed by atoms with van der Waals surface area (Å²) in [6, 6.07) is 7.18. The largest absolute Gasteiger partial charge is 0.326 e. The Morgan fingerprint density at radius 3 is 2.32 bits per heavy atom. The van der Waals surface area contributed by atoms with Crippen molar-refractivity contribution >= 4 is 20.8 Å². The number of nitrogens with two attached hydrogens (primary N) is 1. The molecule has 0 saturated heterocycles. The molecule has 0 heterocycles. The van der Waals surface area contributed by atoms with Gasteiger partial charge in [0.2, 0.25) is 10.0 Å². The first-order valence-corrected chi connectivity index (χ1v) is 9.36. The van der Waals surface area contributed by atoms with Crippen LogP contribution in [-0.4, -0.2) is 31.2 Å². The van der Waals surface area contributed by atoms with Crippen molar-refractivity contribution in [1.82, 2.24) is 4.72 Å². The Labute approximate surface area is 117 Å². The highest BCUT2D eigenvalue weighted by Gasteiger charge is 2.10. The summed E-state index contributed by atoms with van der Waals surface area (Å²) in [4.78, 5) is 0. The molecular formula is C12H20N2O3S2. The zero-order chi connectivity index (χ0) is 14.3. The van der Waals surface area contributed by atoms with Gasteiger partial charge in [0.1, 0.15) is 0 Å². The average Bonchev–Trinajstić information content (AvgIpc) is 2.35. The molecule has 0 spiro atoms. The van der Waals surface area contributed by atoms with E-state index in [1.807, 2.05) is 12.1 Å². The van der Waals surface area contributed by atoms with Crippen LogP contribution in [-0.2, 0) is 33.1 Å². The molecule has 0 aromatic heterocycles. The van der Waals surface area contributed by atoms with Crippen LogP contribution in [0, 0.1) is 0 Å². The molecule has 1 aromatic rings. The van der Waals surface area contributed by atoms with Crippen molar-refractivity contribution in [3.8, 4) is 0 Å². The zero-order valence-corrected chi connectivity index (χ0v) is 12.6. The third kappa shape index (κ3) is 6.81. The molecule has 7 heteroatoms. The van der Waals surface area contributed by atoms with Gasteiger partial charge in [-0.05, 0) is 17.5 Å². The summed E-state index contributed by atoms with van der Waals surface area (Å²) in [5.74, 6) is 0.459. The Hall–Kier alpha value is -0.760. The second-order valence-electron chi connectivity index (χ2n) is 4.30. The van der Waals surface area contributed by atoms with Gasteiger partial charge < -0.3 is 5.73 Å². The lowest BCUT2D eigenvalue weighted by Gasteiger charge is -2.07. The predicted octanol–water partition coefficient (Wildman–Crippen LogP) is 0.333. The van der Waals surface area contributed by atoms with Crippen molar-refractivity contribution in [2.24, 2.45) is 5.73 Å². The van der Waals surface area contributed by atoms with E-state index in [4.69, 9.17) is 5.73 Å². The van der Waals surface area contributed by atoms with Crippen molar-refractivity contribution in [3.63, 3.8) is 0 Å². The Morgan fingerprint density at radius 2 is 1.79 bits per heavy atom. The number of sulfonamides is 1. The fourth-order valence-electron chi connectivity index (χ4n) is 1.55. The second-order valence-corrected chi connectivity index (χ2v) is 7.67. The minimum Gasteiger partial charge on any atom is -0.326 e. The van der Waals surface area contributed by atoms with E-state index in [9.17, 15) is 12.6 Å². The smallest absolute Gasteiger partial charge is 0.215 e. The molecule has 0 radical (unpaired) electrons. The van der Waals surface area contributed by atoms with Gasteiger partial charge in [-0.15, -0.1) is 0 Å². The van der Waals surface area contributed by atoms with Gasteiger partial charge >= 0.3 is 0 Å². The second kappa shape index (κ2) is 7.74. The molecule has 1 rings (SSSR count). The van der Waals surface area contributed by atoms with Gasteiger partial charge in [-0.25, -0.2) is 13.1 Å². The Kier molecular flexibility index (Phi) is 6.64. The van der Waals surface area contributed by atoms with Crippen LogP contribution in [0.4, 0.5) is 0 Å². The topological polar surface area (TPSA) is 89.3 Å². The average molecular weight is 304 g/mol. The standard InChI is InChI=1S/C12H20N2O3S2/c1-18(15)8-2-7-14-19(16,17)10-12-5-3-11(9-13)4-6-12/h3-6,14H,2,7-10,13H2,1H3. The molecule has 0 aliphatic carbocycles. The molecule has 5 nitrogen and oxygen atoms in total. The summed E-state index contributed by atoms with van der Waals surface area (Å²) >= 11 is 0. The molecule has 108 valence electrons. The number of nitrogens with one attached hydrogen (secondary N) is 1. The molecular weight excluding hydrogens is 284 g/mol.